The molecule has 0 aliphatic carbocycles. The van der Waals surface area contributed by atoms with Gasteiger partial charge in [0.1, 0.15) is 5.82 Å². The minimum Gasteiger partial charge on any atom is -0.503 e. The monoisotopic (exact) mass is 376 g/mol. The smallest absolute Gasteiger partial charge is 0.176 e. The molecule has 0 saturated carbocycles. The van der Waals surface area contributed by atoms with E-state index in [-0.39, 0.29) is 10.8 Å². The number of nitrogens with one attached hydrogen (secondary N) is 1. The molecule has 0 saturated heterocycles. The molecule has 0 aliphatic heterocycles. The standard InChI is InChI=1S/C22H17ClN2O2/c1-27-18-13-16(12-17(23)21(18)26)22-24-19(14-8-4-2-5-9-14)20(25-22)15-10-6-3-7-11-15/h2-13,26H,1H3,(H,24,25). The van der Waals surface area contributed by atoms with Crippen molar-refractivity contribution in [3.63, 3.8) is 0 Å². The normalized spacial score (nSPS) is 10.7. The number of benzene rings is 3. The molecule has 2 N–H and O–H groups in total. The van der Waals surface area contributed by atoms with Crippen molar-refractivity contribution in [3.8, 4) is 45.4 Å². The van der Waals surface area contributed by atoms with Crippen molar-refractivity contribution < 1.29 is 9.84 Å². The van der Waals surface area contributed by atoms with Crippen LogP contribution in [0.15, 0.2) is 72.8 Å². The molecule has 0 fully saturated rings. The van der Waals surface area contributed by atoms with E-state index in [1.807, 2.05) is 60.7 Å². The quantitative estimate of drug-likeness (QED) is 0.474. The first-order chi connectivity index (χ1) is 13.2. The van der Waals surface area contributed by atoms with Crippen molar-refractivity contribution in [1.82, 2.24) is 9.97 Å². The number of hydrogen-bond donors (Lipinski definition) is 2. The number of nitrogens with zero attached hydrogens (tertiary/aromatic N) is 1. The van der Waals surface area contributed by atoms with Crippen LogP contribution in [0.25, 0.3) is 33.9 Å². The van der Waals surface area contributed by atoms with E-state index in [1.54, 1.807) is 12.1 Å². The molecule has 0 radical (unpaired) electrons. The lowest BCUT2D eigenvalue weighted by Gasteiger charge is -2.07. The highest BCUT2D eigenvalue weighted by atomic mass is 35.5. The molecule has 4 aromatic rings. The van der Waals surface area contributed by atoms with Crippen LogP contribution in [-0.2, 0) is 0 Å². The molecule has 0 bridgehead atoms. The van der Waals surface area contributed by atoms with Gasteiger partial charge in [-0.2, -0.15) is 0 Å². The molecule has 0 aliphatic rings. The van der Waals surface area contributed by atoms with Crippen molar-refractivity contribution in [3.05, 3.63) is 77.8 Å². The number of H-pyrrole nitrogens is 1. The summed E-state index contributed by atoms with van der Waals surface area (Å²) in [6.07, 6.45) is 0. The summed E-state index contributed by atoms with van der Waals surface area (Å²) in [4.78, 5) is 8.23. The van der Waals surface area contributed by atoms with Gasteiger partial charge in [-0.05, 0) is 12.1 Å². The average molecular weight is 377 g/mol. The van der Waals surface area contributed by atoms with Gasteiger partial charge in [-0.3, -0.25) is 0 Å². The first-order valence-corrected chi connectivity index (χ1v) is 8.83. The molecule has 4 nitrogen and oxygen atoms in total. The number of phenolic OH excluding ortho intramolecular Hbond substituents is 1. The molecule has 3 aromatic carbocycles. The van der Waals surface area contributed by atoms with Gasteiger partial charge in [0.2, 0.25) is 0 Å². The van der Waals surface area contributed by atoms with Gasteiger partial charge in [-0.25, -0.2) is 4.98 Å². The average Bonchev–Trinajstić information content (AvgIpc) is 3.17. The van der Waals surface area contributed by atoms with Crippen LogP contribution in [0.4, 0.5) is 0 Å². The maximum Gasteiger partial charge on any atom is 0.176 e. The summed E-state index contributed by atoms with van der Waals surface area (Å²) in [5.74, 6) is 0.866. The number of rotatable bonds is 4. The van der Waals surface area contributed by atoms with Gasteiger partial charge in [-0.15, -0.1) is 0 Å². The van der Waals surface area contributed by atoms with E-state index in [0.717, 1.165) is 28.1 Å². The number of aromatic nitrogens is 2. The van der Waals surface area contributed by atoms with E-state index >= 15 is 0 Å². The van der Waals surface area contributed by atoms with Crippen molar-refractivity contribution in [1.29, 1.82) is 0 Å². The Kier molecular flexibility index (Phi) is 4.57. The third kappa shape index (κ3) is 3.27. The molecule has 0 spiro atoms. The molecule has 0 atom stereocenters. The Morgan fingerprint density at radius 2 is 1.52 bits per heavy atom. The van der Waals surface area contributed by atoms with Crippen LogP contribution in [0.2, 0.25) is 5.02 Å². The van der Waals surface area contributed by atoms with Crippen LogP contribution < -0.4 is 4.74 Å². The van der Waals surface area contributed by atoms with Gasteiger partial charge >= 0.3 is 0 Å². The summed E-state index contributed by atoms with van der Waals surface area (Å²) in [5, 5.41) is 10.2. The fourth-order valence-electron chi connectivity index (χ4n) is 2.99. The molecule has 134 valence electrons. The van der Waals surface area contributed by atoms with Crippen LogP contribution in [0, 0.1) is 0 Å². The van der Waals surface area contributed by atoms with Gasteiger partial charge in [0.25, 0.3) is 0 Å². The number of phenols is 1. The van der Waals surface area contributed by atoms with E-state index in [9.17, 15) is 5.11 Å². The lowest BCUT2D eigenvalue weighted by Crippen LogP contribution is -1.88. The molecule has 4 rings (SSSR count). The summed E-state index contributed by atoms with van der Waals surface area (Å²) >= 11 is 6.16. The first kappa shape index (κ1) is 17.2. The SMILES string of the molecule is COc1cc(-c2nc(-c3ccccc3)c(-c3ccccc3)[nH]2)cc(Cl)c1O. The minimum absolute atomic E-state index is 0.0824. The molecular weight excluding hydrogens is 360 g/mol. The summed E-state index contributed by atoms with van der Waals surface area (Å²) in [6, 6.07) is 23.4. The van der Waals surface area contributed by atoms with Crippen molar-refractivity contribution in [2.45, 2.75) is 0 Å². The highest BCUT2D eigenvalue weighted by Crippen LogP contribution is 2.39. The highest BCUT2D eigenvalue weighted by Gasteiger charge is 2.17. The Morgan fingerprint density at radius 3 is 2.15 bits per heavy atom. The number of aromatic hydroxyl groups is 1. The van der Waals surface area contributed by atoms with Crippen LogP contribution in [-0.4, -0.2) is 22.2 Å². The fourth-order valence-corrected chi connectivity index (χ4v) is 3.21. The van der Waals surface area contributed by atoms with E-state index in [2.05, 4.69) is 4.98 Å². The fraction of sp³-hybridized carbons (Fsp3) is 0.0455. The van der Waals surface area contributed by atoms with Gasteiger partial charge in [-0.1, -0.05) is 72.3 Å². The lowest BCUT2D eigenvalue weighted by atomic mass is 10.1. The van der Waals surface area contributed by atoms with E-state index in [1.165, 1.54) is 7.11 Å². The van der Waals surface area contributed by atoms with Gasteiger partial charge in [0.15, 0.2) is 11.5 Å². The van der Waals surface area contributed by atoms with E-state index in [4.69, 9.17) is 21.3 Å². The zero-order chi connectivity index (χ0) is 18.8. The predicted molar refractivity (Wildman–Crippen MR) is 108 cm³/mol. The topological polar surface area (TPSA) is 58.1 Å². The summed E-state index contributed by atoms with van der Waals surface area (Å²) in [5.41, 5.74) is 4.54. The second-order valence-corrected chi connectivity index (χ2v) is 6.46. The second-order valence-electron chi connectivity index (χ2n) is 6.05. The highest BCUT2D eigenvalue weighted by molar-refractivity contribution is 6.32. The third-order valence-corrected chi connectivity index (χ3v) is 4.62. The number of methoxy groups -OCH3 is 1. The Morgan fingerprint density at radius 1 is 0.889 bits per heavy atom. The molecule has 0 unspecified atom stereocenters. The Balaban J connectivity index is 1.92. The summed E-state index contributed by atoms with van der Waals surface area (Å²) in [6.45, 7) is 0. The zero-order valence-corrected chi connectivity index (χ0v) is 15.4. The largest absolute Gasteiger partial charge is 0.503 e. The van der Waals surface area contributed by atoms with Crippen molar-refractivity contribution in [2.24, 2.45) is 0 Å². The van der Waals surface area contributed by atoms with Crippen LogP contribution in [0.1, 0.15) is 0 Å². The van der Waals surface area contributed by atoms with Crippen molar-refractivity contribution in [2.75, 3.05) is 7.11 Å². The number of hydrogen-bond acceptors (Lipinski definition) is 3. The third-order valence-electron chi connectivity index (χ3n) is 4.34. The van der Waals surface area contributed by atoms with Gasteiger partial charge in [0.05, 0.1) is 23.5 Å². The lowest BCUT2D eigenvalue weighted by molar-refractivity contribution is 0.374. The first-order valence-electron chi connectivity index (χ1n) is 8.45. The van der Waals surface area contributed by atoms with Crippen LogP contribution in [0.3, 0.4) is 0 Å². The zero-order valence-electron chi connectivity index (χ0n) is 14.6. The maximum absolute atomic E-state index is 10.00. The van der Waals surface area contributed by atoms with E-state index in [0.29, 0.717) is 11.6 Å². The molecule has 1 heterocycles. The molecule has 1 aromatic heterocycles. The number of ether oxygens (including phenoxy) is 1. The number of halogens is 1. The summed E-state index contributed by atoms with van der Waals surface area (Å²) < 4.78 is 5.22. The van der Waals surface area contributed by atoms with Gasteiger partial charge in [0, 0.05) is 16.7 Å². The Bertz CT molecular complexity index is 1020. The second kappa shape index (κ2) is 7.17. The predicted octanol–water partition coefficient (Wildman–Crippen LogP) is 5.78. The number of aromatic amines is 1. The van der Waals surface area contributed by atoms with Crippen LogP contribution in [0.5, 0.6) is 11.5 Å². The molecule has 0 amide bonds. The molecular formula is C22H17ClN2O2. The summed E-state index contributed by atoms with van der Waals surface area (Å²) in [7, 11) is 1.49. The van der Waals surface area contributed by atoms with Gasteiger partial charge < -0.3 is 14.8 Å². The Hall–Kier alpha value is -3.24. The minimum atomic E-state index is -0.0824. The van der Waals surface area contributed by atoms with E-state index < -0.39 is 0 Å². The van der Waals surface area contributed by atoms with Crippen LogP contribution >= 0.6 is 11.6 Å². The van der Waals surface area contributed by atoms with Crippen molar-refractivity contribution >= 4 is 11.6 Å². The number of imidazole rings is 1. The Labute approximate surface area is 162 Å². The molecule has 5 heteroatoms. The molecule has 27 heavy (non-hydrogen) atoms. The maximum atomic E-state index is 10.00.